The fourth-order valence-electron chi connectivity index (χ4n) is 4.32. The fourth-order valence-corrected chi connectivity index (χ4v) is 5.77. The minimum absolute atomic E-state index is 0.106. The summed E-state index contributed by atoms with van der Waals surface area (Å²) in [6.07, 6.45) is 0.221. The van der Waals surface area contributed by atoms with Gasteiger partial charge in [-0.1, -0.05) is 12.1 Å². The number of rotatable bonds is 6. The predicted octanol–water partition coefficient (Wildman–Crippen LogP) is 4.82. The molecular weight excluding hydrogens is 454 g/mol. The van der Waals surface area contributed by atoms with E-state index >= 15 is 0 Å². The van der Waals surface area contributed by atoms with Gasteiger partial charge in [0.05, 0.1) is 34.5 Å². The first-order chi connectivity index (χ1) is 16.2. The van der Waals surface area contributed by atoms with Crippen molar-refractivity contribution in [3.05, 3.63) is 42.5 Å². The molecule has 0 spiro atoms. The number of hydrogen-bond donors (Lipinski definition) is 2. The third-order valence-corrected chi connectivity index (χ3v) is 7.66. The molecule has 34 heavy (non-hydrogen) atoms. The molecule has 0 saturated carbocycles. The molecule has 1 amide bonds. The number of aryl methyl sites for hydroxylation is 1. The first-order valence-corrected chi connectivity index (χ1v) is 13.4. The first-order valence-electron chi connectivity index (χ1n) is 11.5. The van der Waals surface area contributed by atoms with Crippen molar-refractivity contribution in [1.29, 1.82) is 0 Å². The van der Waals surface area contributed by atoms with E-state index in [2.05, 4.69) is 16.8 Å². The highest BCUT2D eigenvalue weighted by molar-refractivity contribution is 7.91. The Kier molecular flexibility index (Phi) is 6.74. The van der Waals surface area contributed by atoms with E-state index in [9.17, 15) is 13.2 Å². The van der Waals surface area contributed by atoms with Crippen LogP contribution < -0.4 is 15.8 Å². The zero-order valence-electron chi connectivity index (χ0n) is 19.7. The molecule has 1 fully saturated rings. The lowest BCUT2D eigenvalue weighted by Crippen LogP contribution is -2.30. The molecule has 1 aliphatic heterocycles. The summed E-state index contributed by atoms with van der Waals surface area (Å²) in [4.78, 5) is 11.9. The predicted molar refractivity (Wildman–Crippen MR) is 135 cm³/mol. The highest BCUT2D eigenvalue weighted by Gasteiger charge is 2.25. The Morgan fingerprint density at radius 3 is 2.44 bits per heavy atom. The lowest BCUT2D eigenvalue weighted by atomic mass is 10.1. The second-order valence-corrected chi connectivity index (χ2v) is 11.1. The van der Waals surface area contributed by atoms with Crippen molar-refractivity contribution in [2.75, 3.05) is 22.6 Å². The number of nitrogens with zero attached hydrogens (tertiary/aromatic N) is 1. The van der Waals surface area contributed by atoms with E-state index in [-0.39, 0.29) is 23.7 Å². The van der Waals surface area contributed by atoms with Gasteiger partial charge in [0, 0.05) is 29.2 Å². The van der Waals surface area contributed by atoms with Gasteiger partial charge in [-0.3, -0.25) is 5.32 Å². The summed E-state index contributed by atoms with van der Waals surface area (Å²) in [5.74, 6) is 1.05. The third kappa shape index (κ3) is 5.14. The standard InChI is InChI=1S/C25H31N3O5S/c1-4-28-22-15-20(33-19-11-13-34(30,31)14-12-19)9-10-21(22)23(26)24(28)17-5-7-18(8-6-17)27-25(29)32-16(2)3/h5-10,15-16,19H,4,11-14,26H2,1-3H3,(H,27,29). The van der Waals surface area contributed by atoms with Crippen LogP contribution in [-0.4, -0.2) is 42.8 Å². The number of carbonyl (C=O) groups excluding carboxylic acids is 1. The van der Waals surface area contributed by atoms with E-state index in [1.54, 1.807) is 13.8 Å². The van der Waals surface area contributed by atoms with Crippen LogP contribution in [0.2, 0.25) is 0 Å². The zero-order chi connectivity index (χ0) is 24.5. The van der Waals surface area contributed by atoms with Crippen molar-refractivity contribution in [3.8, 4) is 17.0 Å². The van der Waals surface area contributed by atoms with Gasteiger partial charge in [0.15, 0.2) is 9.84 Å². The molecule has 2 aromatic carbocycles. The van der Waals surface area contributed by atoms with E-state index in [4.69, 9.17) is 15.2 Å². The molecule has 0 bridgehead atoms. The van der Waals surface area contributed by atoms with Crippen LogP contribution in [0.4, 0.5) is 16.2 Å². The van der Waals surface area contributed by atoms with Gasteiger partial charge in [-0.25, -0.2) is 13.2 Å². The number of sulfone groups is 1. The molecule has 0 unspecified atom stereocenters. The molecule has 0 radical (unpaired) electrons. The molecule has 1 saturated heterocycles. The second kappa shape index (κ2) is 9.58. The molecular formula is C25H31N3O5S. The van der Waals surface area contributed by atoms with Crippen LogP contribution in [-0.2, 0) is 21.1 Å². The van der Waals surface area contributed by atoms with Crippen LogP contribution in [0.1, 0.15) is 33.6 Å². The van der Waals surface area contributed by atoms with Gasteiger partial charge in [-0.15, -0.1) is 0 Å². The van der Waals surface area contributed by atoms with Crippen molar-refractivity contribution in [2.24, 2.45) is 0 Å². The Labute approximate surface area is 200 Å². The summed E-state index contributed by atoms with van der Waals surface area (Å²) in [7, 11) is -2.93. The summed E-state index contributed by atoms with van der Waals surface area (Å²) in [6, 6.07) is 13.3. The summed E-state index contributed by atoms with van der Waals surface area (Å²) in [6.45, 7) is 6.35. The lowest BCUT2D eigenvalue weighted by molar-refractivity contribution is 0.130. The molecule has 2 heterocycles. The normalized spacial score (nSPS) is 16.0. The summed E-state index contributed by atoms with van der Waals surface area (Å²) in [5, 5.41) is 3.65. The summed E-state index contributed by atoms with van der Waals surface area (Å²) >= 11 is 0. The van der Waals surface area contributed by atoms with Crippen LogP contribution in [0, 0.1) is 0 Å². The summed E-state index contributed by atoms with van der Waals surface area (Å²) in [5.41, 5.74) is 10.7. The second-order valence-electron chi connectivity index (χ2n) is 8.81. The minimum Gasteiger partial charge on any atom is -0.490 e. The van der Waals surface area contributed by atoms with E-state index in [0.29, 0.717) is 36.5 Å². The number of carbonyl (C=O) groups is 1. The van der Waals surface area contributed by atoms with E-state index in [1.165, 1.54) is 0 Å². The van der Waals surface area contributed by atoms with Gasteiger partial charge in [0.2, 0.25) is 0 Å². The van der Waals surface area contributed by atoms with Crippen LogP contribution in [0.25, 0.3) is 22.2 Å². The number of nitrogens with two attached hydrogens (primary N) is 1. The number of ether oxygens (including phenoxy) is 2. The number of nitrogen functional groups attached to an aromatic ring is 1. The number of anilines is 2. The molecule has 0 atom stereocenters. The maximum Gasteiger partial charge on any atom is 0.411 e. The maximum absolute atomic E-state index is 11.9. The third-order valence-electron chi connectivity index (χ3n) is 5.94. The van der Waals surface area contributed by atoms with Crippen LogP contribution in [0.15, 0.2) is 42.5 Å². The topological polar surface area (TPSA) is 113 Å². The monoisotopic (exact) mass is 485 g/mol. The molecule has 1 aromatic heterocycles. The fraction of sp³-hybridized carbons (Fsp3) is 0.400. The summed E-state index contributed by atoms with van der Waals surface area (Å²) < 4.78 is 36.8. The number of nitrogens with one attached hydrogen (secondary N) is 1. The van der Waals surface area contributed by atoms with Gasteiger partial charge in [0.25, 0.3) is 0 Å². The average Bonchev–Trinajstić information content (AvgIpc) is 3.06. The largest absolute Gasteiger partial charge is 0.490 e. The quantitative estimate of drug-likeness (QED) is 0.517. The van der Waals surface area contributed by atoms with Gasteiger partial charge in [0.1, 0.15) is 11.9 Å². The van der Waals surface area contributed by atoms with Crippen molar-refractivity contribution in [2.45, 2.75) is 52.4 Å². The number of amides is 1. The van der Waals surface area contributed by atoms with Crippen LogP contribution >= 0.6 is 0 Å². The van der Waals surface area contributed by atoms with Gasteiger partial charge >= 0.3 is 6.09 Å². The SMILES string of the molecule is CCn1c(-c2ccc(NC(=O)OC(C)C)cc2)c(N)c2ccc(OC3CCS(=O)(=O)CC3)cc21. The Bertz CT molecular complexity index is 1280. The Hall–Kier alpha value is -3.20. The van der Waals surface area contributed by atoms with Crippen LogP contribution in [0.3, 0.4) is 0 Å². The van der Waals surface area contributed by atoms with Gasteiger partial charge in [-0.05, 0) is 57.9 Å². The number of hydrogen-bond acceptors (Lipinski definition) is 6. The van der Waals surface area contributed by atoms with Crippen molar-refractivity contribution >= 4 is 38.2 Å². The molecule has 182 valence electrons. The van der Waals surface area contributed by atoms with E-state index in [0.717, 1.165) is 22.2 Å². The van der Waals surface area contributed by atoms with Crippen molar-refractivity contribution in [3.63, 3.8) is 0 Å². The van der Waals surface area contributed by atoms with E-state index < -0.39 is 15.9 Å². The zero-order valence-corrected chi connectivity index (χ0v) is 20.5. The van der Waals surface area contributed by atoms with Gasteiger partial charge < -0.3 is 19.8 Å². The average molecular weight is 486 g/mol. The number of aromatic nitrogens is 1. The van der Waals surface area contributed by atoms with Gasteiger partial charge in [-0.2, -0.15) is 0 Å². The van der Waals surface area contributed by atoms with Crippen LogP contribution in [0.5, 0.6) is 5.75 Å². The molecule has 0 aliphatic carbocycles. The minimum atomic E-state index is -2.93. The molecule has 1 aliphatic rings. The molecule has 3 aromatic rings. The maximum atomic E-state index is 11.9. The molecule has 9 heteroatoms. The molecule has 8 nitrogen and oxygen atoms in total. The molecule has 4 rings (SSSR count). The highest BCUT2D eigenvalue weighted by atomic mass is 32.2. The van der Waals surface area contributed by atoms with Crippen molar-refractivity contribution < 1.29 is 22.7 Å². The smallest absolute Gasteiger partial charge is 0.411 e. The Morgan fingerprint density at radius 2 is 1.82 bits per heavy atom. The Morgan fingerprint density at radius 1 is 1.15 bits per heavy atom. The first kappa shape index (κ1) is 23.9. The van der Waals surface area contributed by atoms with E-state index in [1.807, 2.05) is 42.5 Å². The number of fused-ring (bicyclic) bond motifs is 1. The molecule has 3 N–H and O–H groups in total. The van der Waals surface area contributed by atoms with Crippen molar-refractivity contribution in [1.82, 2.24) is 4.57 Å². The number of benzene rings is 2. The Balaban J connectivity index is 1.59. The highest BCUT2D eigenvalue weighted by Crippen LogP contribution is 2.38. The lowest BCUT2D eigenvalue weighted by Gasteiger charge is -2.23.